The Balaban J connectivity index is 1.39. The molecule has 3 heterocycles. The fraction of sp³-hybridized carbons (Fsp3) is 0.174. The number of fused-ring (bicyclic) bond motifs is 3. The number of nitrogens with zero attached hydrogens (tertiary/aromatic N) is 1. The molecular formula is C23H20BrN3O. The molecule has 5 rings (SSSR count). The van der Waals surface area contributed by atoms with Gasteiger partial charge in [0.2, 0.25) is 0 Å². The molecule has 1 unspecified atom stereocenters. The van der Waals surface area contributed by atoms with Crippen molar-refractivity contribution in [2.45, 2.75) is 19.1 Å². The van der Waals surface area contributed by atoms with Crippen LogP contribution in [0.5, 0.6) is 0 Å². The lowest BCUT2D eigenvalue weighted by atomic mass is 9.97. The highest BCUT2D eigenvalue weighted by Gasteiger charge is 2.26. The van der Waals surface area contributed by atoms with E-state index in [1.807, 2.05) is 24.5 Å². The van der Waals surface area contributed by atoms with Crippen LogP contribution in [-0.4, -0.2) is 16.6 Å². The van der Waals surface area contributed by atoms with Gasteiger partial charge in [-0.25, -0.2) is 0 Å². The summed E-state index contributed by atoms with van der Waals surface area (Å²) >= 11 is 3.59. The van der Waals surface area contributed by atoms with Gasteiger partial charge in [0.05, 0.1) is 12.3 Å². The van der Waals surface area contributed by atoms with Crippen LogP contribution in [-0.2, 0) is 17.7 Å². The Hall–Kier alpha value is -2.63. The van der Waals surface area contributed by atoms with Crippen LogP contribution in [0.3, 0.4) is 0 Å². The molecule has 4 aromatic rings. The van der Waals surface area contributed by atoms with Gasteiger partial charge in [-0.15, -0.1) is 0 Å². The molecule has 0 bridgehead atoms. The first kappa shape index (κ1) is 17.5. The molecule has 140 valence electrons. The highest BCUT2D eigenvalue weighted by molar-refractivity contribution is 9.10. The van der Waals surface area contributed by atoms with Crippen LogP contribution in [0.25, 0.3) is 10.9 Å². The van der Waals surface area contributed by atoms with Crippen molar-refractivity contribution < 1.29 is 4.74 Å². The van der Waals surface area contributed by atoms with Crippen molar-refractivity contribution in [3.05, 3.63) is 93.8 Å². The fourth-order valence-electron chi connectivity index (χ4n) is 3.84. The SMILES string of the molecule is Brc1ccc2[nH]c3c(c2c1)CCOC3c1ccc(NCc2ccncc2)cc1. The first-order chi connectivity index (χ1) is 13.8. The van der Waals surface area contributed by atoms with Gasteiger partial charge in [0, 0.05) is 40.0 Å². The van der Waals surface area contributed by atoms with E-state index in [-0.39, 0.29) is 6.10 Å². The largest absolute Gasteiger partial charge is 0.381 e. The number of ether oxygens (including phenoxy) is 1. The lowest BCUT2D eigenvalue weighted by molar-refractivity contribution is 0.0677. The number of nitrogens with one attached hydrogen (secondary N) is 2. The van der Waals surface area contributed by atoms with Crippen LogP contribution in [0.1, 0.15) is 28.5 Å². The molecule has 0 aliphatic carbocycles. The van der Waals surface area contributed by atoms with E-state index in [1.54, 1.807) is 0 Å². The Labute approximate surface area is 172 Å². The first-order valence-corrected chi connectivity index (χ1v) is 10.2. The monoisotopic (exact) mass is 433 g/mol. The van der Waals surface area contributed by atoms with Gasteiger partial charge >= 0.3 is 0 Å². The predicted octanol–water partition coefficient (Wildman–Crippen LogP) is 5.60. The third kappa shape index (κ3) is 3.32. The zero-order valence-electron chi connectivity index (χ0n) is 15.3. The van der Waals surface area contributed by atoms with E-state index in [0.717, 1.165) is 29.7 Å². The van der Waals surface area contributed by atoms with Crippen molar-refractivity contribution in [1.82, 2.24) is 9.97 Å². The molecule has 1 atom stereocenters. The van der Waals surface area contributed by atoms with E-state index in [4.69, 9.17) is 4.74 Å². The van der Waals surface area contributed by atoms with Gasteiger partial charge in [-0.2, -0.15) is 0 Å². The van der Waals surface area contributed by atoms with Gasteiger partial charge < -0.3 is 15.0 Å². The Bertz CT molecular complexity index is 1110. The Kier molecular flexibility index (Phi) is 4.63. The number of hydrogen-bond donors (Lipinski definition) is 2. The molecule has 2 aromatic carbocycles. The van der Waals surface area contributed by atoms with Crippen LogP contribution in [0.15, 0.2) is 71.5 Å². The summed E-state index contributed by atoms with van der Waals surface area (Å²) in [5.74, 6) is 0. The fourth-order valence-corrected chi connectivity index (χ4v) is 4.20. The van der Waals surface area contributed by atoms with Crippen LogP contribution in [0, 0.1) is 0 Å². The maximum Gasteiger partial charge on any atom is 0.123 e. The second-order valence-corrected chi connectivity index (χ2v) is 7.95. The first-order valence-electron chi connectivity index (χ1n) is 9.42. The molecule has 0 amide bonds. The normalized spacial score (nSPS) is 16.1. The second kappa shape index (κ2) is 7.41. The average Bonchev–Trinajstić information content (AvgIpc) is 3.11. The standard InChI is InChI=1S/C23H20BrN3O/c24-17-3-6-21-20(13-17)19-9-12-28-23(22(19)27-21)16-1-4-18(5-2-16)26-14-15-7-10-25-11-8-15/h1-8,10-11,13,23,26-27H,9,12,14H2. The molecule has 2 aromatic heterocycles. The highest BCUT2D eigenvalue weighted by Crippen LogP contribution is 2.37. The van der Waals surface area contributed by atoms with Crippen molar-refractivity contribution in [3.8, 4) is 0 Å². The lowest BCUT2D eigenvalue weighted by Crippen LogP contribution is -2.16. The summed E-state index contributed by atoms with van der Waals surface area (Å²) in [6.45, 7) is 1.52. The molecule has 4 nitrogen and oxygen atoms in total. The number of rotatable bonds is 4. The number of aromatic amines is 1. The summed E-state index contributed by atoms with van der Waals surface area (Å²) in [6.07, 6.45) is 4.52. The third-order valence-corrected chi connectivity index (χ3v) is 5.75. The number of halogens is 1. The van der Waals surface area contributed by atoms with Gasteiger partial charge in [0.1, 0.15) is 6.10 Å². The van der Waals surface area contributed by atoms with E-state index >= 15 is 0 Å². The summed E-state index contributed by atoms with van der Waals surface area (Å²) in [7, 11) is 0. The van der Waals surface area contributed by atoms with Crippen molar-refractivity contribution in [2.75, 3.05) is 11.9 Å². The van der Waals surface area contributed by atoms with E-state index in [0.29, 0.717) is 0 Å². The molecule has 0 radical (unpaired) electrons. The van der Waals surface area contributed by atoms with Crippen molar-refractivity contribution >= 4 is 32.5 Å². The molecule has 1 aliphatic rings. The topological polar surface area (TPSA) is 49.9 Å². The number of benzene rings is 2. The van der Waals surface area contributed by atoms with Gasteiger partial charge in [0.25, 0.3) is 0 Å². The predicted molar refractivity (Wildman–Crippen MR) is 116 cm³/mol. The third-order valence-electron chi connectivity index (χ3n) is 5.26. The Morgan fingerprint density at radius 1 is 1.07 bits per heavy atom. The van der Waals surface area contributed by atoms with Crippen LogP contribution in [0.2, 0.25) is 0 Å². The van der Waals surface area contributed by atoms with Gasteiger partial charge in [-0.1, -0.05) is 28.1 Å². The highest BCUT2D eigenvalue weighted by atomic mass is 79.9. The number of pyridine rings is 1. The van der Waals surface area contributed by atoms with E-state index in [2.05, 4.69) is 73.7 Å². The summed E-state index contributed by atoms with van der Waals surface area (Å²) in [5.41, 5.74) is 7.19. The zero-order valence-corrected chi connectivity index (χ0v) is 16.9. The minimum atomic E-state index is -0.0517. The summed E-state index contributed by atoms with van der Waals surface area (Å²) in [5, 5.41) is 4.74. The molecule has 1 aliphatic heterocycles. The van der Waals surface area contributed by atoms with E-state index in [9.17, 15) is 0 Å². The summed E-state index contributed by atoms with van der Waals surface area (Å²) < 4.78 is 7.26. The van der Waals surface area contributed by atoms with Gasteiger partial charge in [-0.05, 0) is 65.6 Å². The minimum Gasteiger partial charge on any atom is -0.381 e. The molecule has 0 spiro atoms. The van der Waals surface area contributed by atoms with Crippen LogP contribution < -0.4 is 5.32 Å². The van der Waals surface area contributed by atoms with E-state index in [1.165, 1.54) is 33.3 Å². The maximum absolute atomic E-state index is 6.15. The minimum absolute atomic E-state index is 0.0517. The molecule has 0 saturated carbocycles. The molecule has 0 fully saturated rings. The number of H-pyrrole nitrogens is 1. The molecule has 2 N–H and O–H groups in total. The second-order valence-electron chi connectivity index (χ2n) is 7.04. The lowest BCUT2D eigenvalue weighted by Gasteiger charge is -2.24. The Morgan fingerprint density at radius 3 is 2.71 bits per heavy atom. The number of hydrogen-bond acceptors (Lipinski definition) is 3. The number of anilines is 1. The van der Waals surface area contributed by atoms with Crippen molar-refractivity contribution in [3.63, 3.8) is 0 Å². The van der Waals surface area contributed by atoms with Crippen LogP contribution in [0.4, 0.5) is 5.69 Å². The van der Waals surface area contributed by atoms with Gasteiger partial charge in [0.15, 0.2) is 0 Å². The van der Waals surface area contributed by atoms with Gasteiger partial charge in [-0.3, -0.25) is 4.98 Å². The van der Waals surface area contributed by atoms with Crippen molar-refractivity contribution in [1.29, 1.82) is 0 Å². The molecule has 28 heavy (non-hydrogen) atoms. The number of aromatic nitrogens is 2. The van der Waals surface area contributed by atoms with Crippen LogP contribution >= 0.6 is 15.9 Å². The summed E-state index contributed by atoms with van der Waals surface area (Å²) in [6, 6.07) is 19.0. The summed E-state index contributed by atoms with van der Waals surface area (Å²) in [4.78, 5) is 7.64. The average molecular weight is 434 g/mol. The van der Waals surface area contributed by atoms with E-state index < -0.39 is 0 Å². The molecule has 5 heteroatoms. The smallest absolute Gasteiger partial charge is 0.123 e. The van der Waals surface area contributed by atoms with Crippen molar-refractivity contribution in [2.24, 2.45) is 0 Å². The quantitative estimate of drug-likeness (QED) is 0.440. The Morgan fingerprint density at radius 2 is 1.89 bits per heavy atom. The zero-order chi connectivity index (χ0) is 18.9. The molecular weight excluding hydrogens is 414 g/mol. The maximum atomic E-state index is 6.15. The molecule has 0 saturated heterocycles.